The van der Waals surface area contributed by atoms with E-state index in [1.165, 1.54) is 22.7 Å². The number of aromatic nitrogens is 4. The molecule has 14 heteroatoms. The molecule has 0 aliphatic heterocycles. The molecule has 29 heavy (non-hydrogen) atoms. The highest BCUT2D eigenvalue weighted by molar-refractivity contribution is 7.93. The first-order valence-electron chi connectivity index (χ1n) is 7.92. The van der Waals surface area contributed by atoms with E-state index in [-0.39, 0.29) is 22.9 Å². The third-order valence-electron chi connectivity index (χ3n) is 3.74. The first kappa shape index (κ1) is 21.4. The van der Waals surface area contributed by atoms with Crippen molar-refractivity contribution >= 4 is 32.8 Å². The van der Waals surface area contributed by atoms with Crippen molar-refractivity contribution in [2.45, 2.75) is 24.9 Å². The van der Waals surface area contributed by atoms with Gasteiger partial charge in [0.2, 0.25) is 5.82 Å². The molecule has 0 saturated carbocycles. The van der Waals surface area contributed by atoms with Crippen molar-refractivity contribution < 1.29 is 30.7 Å². The predicted octanol–water partition coefficient (Wildman–Crippen LogP) is 4.66. The number of fused-ring (bicyclic) bond motifs is 1. The molecule has 1 atom stereocenters. The van der Waals surface area contributed by atoms with E-state index in [0.717, 1.165) is 6.26 Å². The molecule has 3 aromatic rings. The molecule has 7 nitrogen and oxygen atoms in total. The summed E-state index contributed by atoms with van der Waals surface area (Å²) in [5.41, 5.74) is 0.873. The summed E-state index contributed by atoms with van der Waals surface area (Å²) in [5.74, 6) is -1.76. The van der Waals surface area contributed by atoms with E-state index in [4.69, 9.17) is 11.6 Å². The average Bonchev–Trinajstić information content (AvgIpc) is 3.18. The summed E-state index contributed by atoms with van der Waals surface area (Å²) >= 11 is 4.84. The predicted molar refractivity (Wildman–Crippen MR) is 94.7 cm³/mol. The van der Waals surface area contributed by atoms with E-state index in [1.807, 2.05) is 0 Å². The first-order chi connectivity index (χ1) is 13.3. The van der Waals surface area contributed by atoms with Crippen molar-refractivity contribution in [3.8, 4) is 11.4 Å². The first-order valence-corrected chi connectivity index (χ1v) is 10.4. The molecule has 3 rings (SSSR count). The summed E-state index contributed by atoms with van der Waals surface area (Å²) in [6.07, 6.45) is -3.10. The largest absolute Gasteiger partial charge is 0.400 e. The van der Waals surface area contributed by atoms with Crippen LogP contribution in [0.15, 0.2) is 27.2 Å². The van der Waals surface area contributed by atoms with Crippen LogP contribution in [0.5, 0.6) is 0 Å². The van der Waals surface area contributed by atoms with Crippen molar-refractivity contribution in [2.75, 3.05) is 12.0 Å². The van der Waals surface area contributed by atoms with E-state index in [0.29, 0.717) is 5.69 Å². The van der Waals surface area contributed by atoms with E-state index < -0.39 is 39.4 Å². The summed E-state index contributed by atoms with van der Waals surface area (Å²) in [4.78, 5) is 7.73. The number of pyridine rings is 1. The number of hydrogen-bond donors (Lipinski definition) is 0. The second kappa shape index (κ2) is 7.20. The van der Waals surface area contributed by atoms with Gasteiger partial charge in [0.1, 0.15) is 5.65 Å². The van der Waals surface area contributed by atoms with Crippen LogP contribution in [0.1, 0.15) is 18.0 Å². The summed E-state index contributed by atoms with van der Waals surface area (Å²) in [5, 5.41) is -0.384. The van der Waals surface area contributed by atoms with Crippen LogP contribution in [-0.4, -0.2) is 41.9 Å². The van der Waals surface area contributed by atoms with Gasteiger partial charge in [-0.3, -0.25) is 4.40 Å². The number of aryl methyl sites for hydroxylation is 1. The van der Waals surface area contributed by atoms with Gasteiger partial charge in [-0.2, -0.15) is 31.3 Å². The smallest absolute Gasteiger partial charge is 0.331 e. The van der Waals surface area contributed by atoms with Crippen LogP contribution in [0.3, 0.4) is 0 Å². The molecule has 0 radical (unpaired) electrons. The highest BCUT2D eigenvalue weighted by Crippen LogP contribution is 2.32. The molecule has 1 unspecified atom stereocenters. The monoisotopic (exact) mass is 457 g/mol. The zero-order valence-electron chi connectivity index (χ0n) is 14.9. The molecule has 0 N–H and O–H groups in total. The minimum absolute atomic E-state index is 0.127. The molecular weight excluding hydrogens is 445 g/mol. The minimum atomic E-state index is -4.44. The Morgan fingerprint density at radius 2 is 1.97 bits per heavy atom. The highest BCUT2D eigenvalue weighted by Gasteiger charge is 2.35. The van der Waals surface area contributed by atoms with Crippen molar-refractivity contribution in [1.29, 1.82) is 0 Å². The van der Waals surface area contributed by atoms with Crippen molar-refractivity contribution in [3.05, 3.63) is 29.9 Å². The summed E-state index contributed by atoms with van der Waals surface area (Å²) in [6, 6.07) is 2.86. The maximum atomic E-state index is 13.0. The Bertz CT molecular complexity index is 1170. The number of rotatable bonds is 5. The Morgan fingerprint density at radius 1 is 1.28 bits per heavy atom. The Hall–Kier alpha value is -2.28. The zero-order valence-corrected chi connectivity index (χ0v) is 16.4. The molecule has 0 spiro atoms. The van der Waals surface area contributed by atoms with Crippen molar-refractivity contribution in [1.82, 2.24) is 19.5 Å². The number of alkyl halides is 6. The molecule has 0 fully saturated rings. The highest BCUT2D eigenvalue weighted by atomic mass is 35.5. The summed E-state index contributed by atoms with van der Waals surface area (Å²) in [7, 11) is -3.17. The Kier molecular flexibility index (Phi) is 5.32. The molecule has 0 aliphatic rings. The van der Waals surface area contributed by atoms with Crippen LogP contribution in [-0.2, 0) is 15.1 Å². The fourth-order valence-electron chi connectivity index (χ4n) is 2.39. The van der Waals surface area contributed by atoms with Gasteiger partial charge >= 0.3 is 17.4 Å². The zero-order chi connectivity index (χ0) is 21.6. The Morgan fingerprint density at radius 3 is 2.55 bits per heavy atom. The molecule has 0 bridgehead atoms. The second-order valence-electron chi connectivity index (χ2n) is 6.21. The van der Waals surface area contributed by atoms with Crippen LogP contribution < -0.4 is 0 Å². The number of nitrogens with zero attached hydrogens (tertiary/aromatic N) is 5. The fraction of sp³-hybridized carbons (Fsp3) is 0.400. The van der Waals surface area contributed by atoms with Gasteiger partial charge in [0.05, 0.1) is 21.8 Å². The van der Waals surface area contributed by atoms with Gasteiger partial charge < -0.3 is 4.52 Å². The van der Waals surface area contributed by atoms with Crippen molar-refractivity contribution in [3.63, 3.8) is 0 Å². The lowest BCUT2D eigenvalue weighted by Crippen LogP contribution is -2.15. The third kappa shape index (κ3) is 5.01. The molecule has 0 saturated heterocycles. The minimum Gasteiger partial charge on any atom is -0.331 e. The van der Waals surface area contributed by atoms with E-state index >= 15 is 0 Å². The lowest BCUT2D eigenvalue weighted by atomic mass is 10.2. The Balaban J connectivity index is 1.98. The van der Waals surface area contributed by atoms with Crippen LogP contribution in [0, 0.1) is 6.92 Å². The van der Waals surface area contributed by atoms with Gasteiger partial charge in [-0.15, -0.1) is 0 Å². The van der Waals surface area contributed by atoms with Crippen LogP contribution in [0.25, 0.3) is 17.0 Å². The van der Waals surface area contributed by atoms with E-state index in [1.54, 1.807) is 6.92 Å². The van der Waals surface area contributed by atoms with Gasteiger partial charge in [-0.25, -0.2) is 9.19 Å². The topological polar surface area (TPSA) is 85.7 Å². The van der Waals surface area contributed by atoms with Gasteiger partial charge in [0, 0.05) is 23.8 Å². The van der Waals surface area contributed by atoms with Gasteiger partial charge in [-0.1, -0.05) is 5.16 Å². The maximum Gasteiger partial charge on any atom is 0.400 e. The standard InChI is InChI=1S/C15H13ClF5N5O2S/c1-8-12(25-29(2,27)6-4-14(17,18)19)26-5-3-9(7-10(26)22-8)11-23-13(28-24-11)15(16,20)21/h3,5,7H,4,6H2,1-2H3. The normalized spacial score (nSPS) is 14.9. The molecule has 3 aromatic heterocycles. The van der Waals surface area contributed by atoms with Crippen molar-refractivity contribution in [2.24, 2.45) is 4.36 Å². The summed E-state index contributed by atoms with van der Waals surface area (Å²) < 4.78 is 85.6. The lowest BCUT2D eigenvalue weighted by molar-refractivity contribution is -0.129. The average molecular weight is 458 g/mol. The van der Waals surface area contributed by atoms with Gasteiger partial charge in [0.15, 0.2) is 5.82 Å². The summed E-state index contributed by atoms with van der Waals surface area (Å²) in [6.45, 7) is 1.55. The molecule has 0 aromatic carbocycles. The SMILES string of the molecule is Cc1nc2cc(-c3noc(C(F)(F)Cl)n3)ccn2c1N=S(C)(=O)CCC(F)(F)F. The van der Waals surface area contributed by atoms with Gasteiger partial charge in [-0.05, 0) is 30.7 Å². The van der Waals surface area contributed by atoms with Crippen LogP contribution >= 0.6 is 11.6 Å². The molecule has 0 amide bonds. The fourth-order valence-corrected chi connectivity index (χ4v) is 3.75. The lowest BCUT2D eigenvalue weighted by Gasteiger charge is -2.08. The molecule has 158 valence electrons. The van der Waals surface area contributed by atoms with E-state index in [9.17, 15) is 26.2 Å². The second-order valence-corrected chi connectivity index (χ2v) is 9.19. The molecule has 3 heterocycles. The van der Waals surface area contributed by atoms with Gasteiger partial charge in [0.25, 0.3) is 0 Å². The molecular formula is C15H13ClF5N5O2S. The maximum absolute atomic E-state index is 13.0. The van der Waals surface area contributed by atoms with Crippen LogP contribution in [0.4, 0.5) is 27.8 Å². The number of hydrogen-bond acceptors (Lipinski definition) is 6. The van der Waals surface area contributed by atoms with E-state index in [2.05, 4.69) is 24.0 Å². The third-order valence-corrected chi connectivity index (χ3v) is 5.42. The number of imidazole rings is 1. The Labute approximate surface area is 166 Å². The van der Waals surface area contributed by atoms with Crippen LogP contribution in [0.2, 0.25) is 0 Å². The quantitative estimate of drug-likeness (QED) is 0.411. The molecule has 0 aliphatic carbocycles. The number of halogens is 6.